The molecule has 1 amide bonds. The molecule has 0 saturated carbocycles. The molecule has 0 radical (unpaired) electrons. The third-order valence-electron chi connectivity index (χ3n) is 4.06. The Kier molecular flexibility index (Phi) is 5.18. The molecule has 0 aliphatic carbocycles. The quantitative estimate of drug-likeness (QED) is 0.843. The van der Waals surface area contributed by atoms with Crippen LogP contribution in [0.5, 0.6) is 0 Å². The average molecular weight is 274 g/mol. The summed E-state index contributed by atoms with van der Waals surface area (Å²) >= 11 is 0. The predicted octanol–water partition coefficient (Wildman–Crippen LogP) is 2.74. The number of likely N-dealkylation sites (tertiary alicyclic amines) is 1. The normalized spacial score (nSPS) is 23.6. The molecule has 0 bridgehead atoms. The van der Waals surface area contributed by atoms with Gasteiger partial charge in [-0.25, -0.2) is 0 Å². The van der Waals surface area contributed by atoms with E-state index in [0.29, 0.717) is 0 Å². The van der Waals surface area contributed by atoms with Gasteiger partial charge in [-0.15, -0.1) is 0 Å². The summed E-state index contributed by atoms with van der Waals surface area (Å²) in [5.74, 6) is 1.66. The maximum atomic E-state index is 12.3. The van der Waals surface area contributed by atoms with Crippen LogP contribution in [0.3, 0.4) is 0 Å². The molecule has 3 nitrogen and oxygen atoms in total. The summed E-state index contributed by atoms with van der Waals surface area (Å²) in [4.78, 5) is 16.6. The molecule has 1 aliphatic rings. The van der Waals surface area contributed by atoms with Gasteiger partial charge in [0, 0.05) is 38.8 Å². The largest absolute Gasteiger partial charge is 0.340 e. The van der Waals surface area contributed by atoms with Crippen molar-refractivity contribution in [3.05, 3.63) is 35.9 Å². The molecule has 1 heterocycles. The number of amides is 1. The summed E-state index contributed by atoms with van der Waals surface area (Å²) in [7, 11) is 1.89. The third-order valence-corrected chi connectivity index (χ3v) is 4.06. The molecule has 1 saturated heterocycles. The molecule has 0 aromatic heterocycles. The van der Waals surface area contributed by atoms with Gasteiger partial charge in [0.15, 0.2) is 0 Å². The Morgan fingerprint density at radius 1 is 1.20 bits per heavy atom. The lowest BCUT2D eigenvalue weighted by Gasteiger charge is -2.35. The minimum atomic E-state index is 0.115. The van der Waals surface area contributed by atoms with Crippen molar-refractivity contribution in [2.45, 2.75) is 20.3 Å². The Morgan fingerprint density at radius 3 is 2.40 bits per heavy atom. The lowest BCUT2D eigenvalue weighted by Crippen LogP contribution is -2.43. The van der Waals surface area contributed by atoms with E-state index >= 15 is 0 Å². The SMILES string of the molecule is CC1CC(C)CN(CCN(C)C(=O)c2ccccc2)C1. The first-order valence-electron chi connectivity index (χ1n) is 7.59. The smallest absolute Gasteiger partial charge is 0.253 e. The van der Waals surface area contributed by atoms with Gasteiger partial charge in [-0.2, -0.15) is 0 Å². The van der Waals surface area contributed by atoms with Gasteiger partial charge in [-0.1, -0.05) is 32.0 Å². The summed E-state index contributed by atoms with van der Waals surface area (Å²) in [5.41, 5.74) is 0.774. The lowest BCUT2D eigenvalue weighted by molar-refractivity contribution is 0.0749. The molecule has 3 heteroatoms. The fourth-order valence-electron chi connectivity index (χ4n) is 3.17. The molecule has 1 aliphatic heterocycles. The van der Waals surface area contributed by atoms with Crippen LogP contribution in [-0.2, 0) is 0 Å². The van der Waals surface area contributed by atoms with Crippen LogP contribution in [0.25, 0.3) is 0 Å². The number of hydrogen-bond donors (Lipinski definition) is 0. The van der Waals surface area contributed by atoms with Crippen molar-refractivity contribution in [2.24, 2.45) is 11.8 Å². The van der Waals surface area contributed by atoms with Crippen LogP contribution in [-0.4, -0.2) is 48.9 Å². The van der Waals surface area contributed by atoms with E-state index in [0.717, 1.165) is 43.6 Å². The van der Waals surface area contributed by atoms with Crippen molar-refractivity contribution in [2.75, 3.05) is 33.2 Å². The van der Waals surface area contributed by atoms with Gasteiger partial charge < -0.3 is 9.80 Å². The Balaban J connectivity index is 1.83. The second-order valence-corrected chi connectivity index (χ2v) is 6.30. The molecule has 1 aromatic rings. The first-order valence-corrected chi connectivity index (χ1v) is 7.59. The maximum Gasteiger partial charge on any atom is 0.253 e. The van der Waals surface area contributed by atoms with E-state index in [-0.39, 0.29) is 5.91 Å². The topological polar surface area (TPSA) is 23.6 Å². The molecular formula is C17H26N2O. The summed E-state index contributed by atoms with van der Waals surface area (Å²) in [6.45, 7) is 8.75. The first kappa shape index (κ1) is 15.0. The number of rotatable bonds is 4. The minimum Gasteiger partial charge on any atom is -0.340 e. The maximum absolute atomic E-state index is 12.3. The van der Waals surface area contributed by atoms with Crippen LogP contribution >= 0.6 is 0 Å². The fourth-order valence-corrected chi connectivity index (χ4v) is 3.17. The highest BCUT2D eigenvalue weighted by molar-refractivity contribution is 5.93. The fraction of sp³-hybridized carbons (Fsp3) is 0.588. The van der Waals surface area contributed by atoms with Crippen LogP contribution in [0.4, 0.5) is 0 Å². The highest BCUT2D eigenvalue weighted by Crippen LogP contribution is 2.20. The minimum absolute atomic E-state index is 0.115. The van der Waals surface area contributed by atoms with Crippen molar-refractivity contribution >= 4 is 5.91 Å². The van der Waals surface area contributed by atoms with Crippen LogP contribution < -0.4 is 0 Å². The van der Waals surface area contributed by atoms with E-state index in [1.165, 1.54) is 6.42 Å². The molecule has 1 fully saturated rings. The monoisotopic (exact) mass is 274 g/mol. The molecular weight excluding hydrogens is 248 g/mol. The van der Waals surface area contributed by atoms with Gasteiger partial charge in [0.2, 0.25) is 0 Å². The van der Waals surface area contributed by atoms with E-state index in [1.807, 2.05) is 42.3 Å². The van der Waals surface area contributed by atoms with Crippen LogP contribution in [0, 0.1) is 11.8 Å². The molecule has 2 unspecified atom stereocenters. The van der Waals surface area contributed by atoms with Crippen LogP contribution in [0.1, 0.15) is 30.6 Å². The molecule has 20 heavy (non-hydrogen) atoms. The van der Waals surface area contributed by atoms with Gasteiger partial charge in [0.25, 0.3) is 5.91 Å². The zero-order valence-corrected chi connectivity index (χ0v) is 12.9. The van der Waals surface area contributed by atoms with Gasteiger partial charge in [-0.3, -0.25) is 4.79 Å². The van der Waals surface area contributed by atoms with Crippen LogP contribution in [0.2, 0.25) is 0 Å². The van der Waals surface area contributed by atoms with E-state index in [1.54, 1.807) is 0 Å². The van der Waals surface area contributed by atoms with Gasteiger partial charge >= 0.3 is 0 Å². The van der Waals surface area contributed by atoms with E-state index in [2.05, 4.69) is 18.7 Å². The number of carbonyl (C=O) groups is 1. The van der Waals surface area contributed by atoms with Crippen LogP contribution in [0.15, 0.2) is 30.3 Å². The lowest BCUT2D eigenvalue weighted by atomic mass is 9.92. The Morgan fingerprint density at radius 2 is 1.80 bits per heavy atom. The number of carbonyl (C=O) groups excluding carboxylic acids is 1. The molecule has 0 spiro atoms. The number of benzene rings is 1. The molecule has 2 atom stereocenters. The predicted molar refractivity (Wildman–Crippen MR) is 82.8 cm³/mol. The number of piperidine rings is 1. The summed E-state index contributed by atoms with van der Waals surface area (Å²) in [6, 6.07) is 9.52. The van der Waals surface area contributed by atoms with Gasteiger partial charge in [0.1, 0.15) is 0 Å². The van der Waals surface area contributed by atoms with Crippen molar-refractivity contribution in [1.82, 2.24) is 9.80 Å². The average Bonchev–Trinajstić information content (AvgIpc) is 2.44. The molecule has 1 aromatic carbocycles. The van der Waals surface area contributed by atoms with E-state index < -0.39 is 0 Å². The summed E-state index contributed by atoms with van der Waals surface area (Å²) in [5, 5.41) is 0. The third kappa shape index (κ3) is 4.07. The standard InChI is InChI=1S/C17H26N2O/c1-14-11-15(2)13-19(12-14)10-9-18(3)17(20)16-7-5-4-6-8-16/h4-8,14-15H,9-13H2,1-3H3. The molecule has 110 valence electrons. The summed E-state index contributed by atoms with van der Waals surface area (Å²) < 4.78 is 0. The summed E-state index contributed by atoms with van der Waals surface area (Å²) in [6.07, 6.45) is 1.33. The van der Waals surface area contributed by atoms with E-state index in [9.17, 15) is 4.79 Å². The first-order chi connectivity index (χ1) is 9.56. The van der Waals surface area contributed by atoms with Gasteiger partial charge in [0.05, 0.1) is 0 Å². The highest BCUT2D eigenvalue weighted by Gasteiger charge is 2.22. The van der Waals surface area contributed by atoms with Crippen molar-refractivity contribution in [3.63, 3.8) is 0 Å². The molecule has 2 rings (SSSR count). The molecule has 0 N–H and O–H groups in total. The highest BCUT2D eigenvalue weighted by atomic mass is 16.2. The number of hydrogen-bond acceptors (Lipinski definition) is 2. The number of nitrogens with zero attached hydrogens (tertiary/aromatic N) is 2. The Hall–Kier alpha value is -1.35. The van der Waals surface area contributed by atoms with Crippen molar-refractivity contribution in [1.29, 1.82) is 0 Å². The second kappa shape index (κ2) is 6.89. The van der Waals surface area contributed by atoms with E-state index in [4.69, 9.17) is 0 Å². The Bertz CT molecular complexity index is 422. The number of likely N-dealkylation sites (N-methyl/N-ethyl adjacent to an activating group) is 1. The zero-order chi connectivity index (χ0) is 14.5. The zero-order valence-electron chi connectivity index (χ0n) is 12.9. The van der Waals surface area contributed by atoms with Crippen molar-refractivity contribution in [3.8, 4) is 0 Å². The van der Waals surface area contributed by atoms with Gasteiger partial charge in [-0.05, 0) is 30.4 Å². The second-order valence-electron chi connectivity index (χ2n) is 6.30. The Labute approximate surface area is 122 Å². The van der Waals surface area contributed by atoms with Crippen molar-refractivity contribution < 1.29 is 4.79 Å².